The van der Waals surface area contributed by atoms with Crippen LogP contribution in [0, 0.1) is 10.1 Å². The number of hydrogen-bond acceptors (Lipinski definition) is 4. The Hall–Kier alpha value is -1.85. The van der Waals surface area contributed by atoms with Gasteiger partial charge in [-0.05, 0) is 25.1 Å². The molecule has 4 nitrogen and oxygen atoms in total. The van der Waals surface area contributed by atoms with Gasteiger partial charge in [-0.2, -0.15) is 0 Å². The number of thioether (sulfide) groups is 1. The van der Waals surface area contributed by atoms with E-state index in [1.165, 1.54) is 4.90 Å². The van der Waals surface area contributed by atoms with Crippen molar-refractivity contribution >= 4 is 17.4 Å². The van der Waals surface area contributed by atoms with Gasteiger partial charge < -0.3 is 5.32 Å². The molecule has 110 valence electrons. The fourth-order valence-corrected chi connectivity index (χ4v) is 2.84. The van der Waals surface area contributed by atoms with E-state index >= 15 is 0 Å². The molecule has 0 atom stereocenters. The molecule has 0 spiro atoms. The van der Waals surface area contributed by atoms with Gasteiger partial charge in [0, 0.05) is 28.8 Å². The first kappa shape index (κ1) is 15.5. The number of nitrogens with one attached hydrogen (secondary N) is 1. The summed E-state index contributed by atoms with van der Waals surface area (Å²) in [6.45, 7) is 1.64. The molecule has 0 bridgehead atoms. The normalized spacial score (nSPS) is 10.5. The first-order chi connectivity index (χ1) is 10.3. The van der Waals surface area contributed by atoms with Crippen molar-refractivity contribution < 1.29 is 4.92 Å². The van der Waals surface area contributed by atoms with Gasteiger partial charge in [0.05, 0.1) is 4.92 Å². The first-order valence-corrected chi connectivity index (χ1v) is 7.87. The van der Waals surface area contributed by atoms with Crippen molar-refractivity contribution in [1.82, 2.24) is 5.32 Å². The van der Waals surface area contributed by atoms with E-state index in [1.54, 1.807) is 23.9 Å². The maximum Gasteiger partial charge on any atom is 0.272 e. The Kier molecular flexibility index (Phi) is 6.24. The minimum absolute atomic E-state index is 0.206. The standard InChI is InChI=1S/C16H18N2O2S/c19-18(20)16-9-5-4-6-14(16)10-11-17-12-13-21-15-7-2-1-3-8-15/h1-9,17H,10-13H2. The van der Waals surface area contributed by atoms with Crippen molar-refractivity contribution in [1.29, 1.82) is 0 Å². The van der Waals surface area contributed by atoms with E-state index in [2.05, 4.69) is 17.4 Å². The van der Waals surface area contributed by atoms with Gasteiger partial charge in [-0.1, -0.05) is 36.4 Å². The van der Waals surface area contributed by atoms with Crippen LogP contribution in [-0.4, -0.2) is 23.8 Å². The molecule has 0 saturated carbocycles. The van der Waals surface area contributed by atoms with Crippen molar-refractivity contribution in [2.75, 3.05) is 18.8 Å². The fourth-order valence-electron chi connectivity index (χ4n) is 2.01. The van der Waals surface area contributed by atoms with Crippen LogP contribution in [0.4, 0.5) is 5.69 Å². The second-order valence-corrected chi connectivity index (χ2v) is 5.72. The van der Waals surface area contributed by atoms with Gasteiger partial charge in [0.25, 0.3) is 5.69 Å². The molecule has 0 aliphatic rings. The Bertz CT molecular complexity index is 575. The van der Waals surface area contributed by atoms with Crippen molar-refractivity contribution in [3.8, 4) is 0 Å². The van der Waals surface area contributed by atoms with Crippen molar-refractivity contribution in [3.05, 3.63) is 70.3 Å². The minimum Gasteiger partial charge on any atom is -0.316 e. The summed E-state index contributed by atoms with van der Waals surface area (Å²) in [7, 11) is 0. The predicted molar refractivity (Wildman–Crippen MR) is 86.8 cm³/mol. The Morgan fingerprint density at radius 3 is 2.48 bits per heavy atom. The number of para-hydroxylation sites is 1. The third-order valence-corrected chi connectivity index (χ3v) is 4.06. The van der Waals surface area contributed by atoms with E-state index < -0.39 is 0 Å². The smallest absolute Gasteiger partial charge is 0.272 e. The van der Waals surface area contributed by atoms with Gasteiger partial charge >= 0.3 is 0 Å². The quantitative estimate of drug-likeness (QED) is 0.351. The van der Waals surface area contributed by atoms with Crippen LogP contribution < -0.4 is 5.32 Å². The Morgan fingerprint density at radius 2 is 1.71 bits per heavy atom. The zero-order valence-electron chi connectivity index (χ0n) is 11.7. The molecule has 5 heteroatoms. The Labute approximate surface area is 128 Å². The molecule has 0 aromatic heterocycles. The summed E-state index contributed by atoms with van der Waals surface area (Å²) in [4.78, 5) is 11.8. The second kappa shape index (κ2) is 8.44. The summed E-state index contributed by atoms with van der Waals surface area (Å²) < 4.78 is 0. The van der Waals surface area contributed by atoms with Crippen LogP contribution in [0.5, 0.6) is 0 Å². The molecule has 2 rings (SSSR count). The van der Waals surface area contributed by atoms with Crippen LogP contribution in [0.25, 0.3) is 0 Å². The molecule has 0 radical (unpaired) electrons. The number of benzene rings is 2. The lowest BCUT2D eigenvalue weighted by Gasteiger charge is -2.05. The van der Waals surface area contributed by atoms with Gasteiger partial charge in [-0.15, -0.1) is 11.8 Å². The van der Waals surface area contributed by atoms with Crippen molar-refractivity contribution in [2.24, 2.45) is 0 Å². The van der Waals surface area contributed by atoms with E-state index in [0.717, 1.165) is 24.4 Å². The Morgan fingerprint density at radius 1 is 1.00 bits per heavy atom. The molecular weight excluding hydrogens is 284 g/mol. The highest BCUT2D eigenvalue weighted by Crippen LogP contribution is 2.18. The van der Waals surface area contributed by atoms with Crippen LogP contribution >= 0.6 is 11.8 Å². The molecule has 21 heavy (non-hydrogen) atoms. The number of hydrogen-bond donors (Lipinski definition) is 1. The molecule has 1 N–H and O–H groups in total. The highest BCUT2D eigenvalue weighted by atomic mass is 32.2. The predicted octanol–water partition coefficient (Wildman–Crippen LogP) is 3.52. The van der Waals surface area contributed by atoms with Crippen LogP contribution in [-0.2, 0) is 6.42 Å². The van der Waals surface area contributed by atoms with Crippen molar-refractivity contribution in [3.63, 3.8) is 0 Å². The lowest BCUT2D eigenvalue weighted by Crippen LogP contribution is -2.20. The molecule has 0 amide bonds. The van der Waals surface area contributed by atoms with Gasteiger partial charge in [0.1, 0.15) is 0 Å². The average Bonchev–Trinajstić information content (AvgIpc) is 2.52. The summed E-state index contributed by atoms with van der Waals surface area (Å²) >= 11 is 1.80. The van der Waals surface area contributed by atoms with Crippen LogP contribution in [0.1, 0.15) is 5.56 Å². The fraction of sp³-hybridized carbons (Fsp3) is 0.250. The molecule has 2 aromatic rings. The van der Waals surface area contributed by atoms with Gasteiger partial charge in [0.15, 0.2) is 0 Å². The largest absolute Gasteiger partial charge is 0.316 e. The molecular formula is C16H18N2O2S. The SMILES string of the molecule is O=[N+]([O-])c1ccccc1CCNCCSc1ccccc1. The maximum atomic E-state index is 10.9. The third-order valence-electron chi connectivity index (χ3n) is 3.05. The molecule has 0 aliphatic carbocycles. The van der Waals surface area contributed by atoms with Gasteiger partial charge in [0.2, 0.25) is 0 Å². The molecule has 0 saturated heterocycles. The third kappa shape index (κ3) is 5.21. The van der Waals surface area contributed by atoms with E-state index in [9.17, 15) is 10.1 Å². The first-order valence-electron chi connectivity index (χ1n) is 6.88. The van der Waals surface area contributed by atoms with E-state index in [0.29, 0.717) is 6.42 Å². The monoisotopic (exact) mass is 302 g/mol. The van der Waals surface area contributed by atoms with E-state index in [4.69, 9.17) is 0 Å². The molecule has 0 aliphatic heterocycles. The summed E-state index contributed by atoms with van der Waals surface area (Å²) in [6.07, 6.45) is 0.674. The second-order valence-electron chi connectivity index (χ2n) is 4.55. The van der Waals surface area contributed by atoms with E-state index in [1.807, 2.05) is 30.3 Å². The van der Waals surface area contributed by atoms with Crippen LogP contribution in [0.15, 0.2) is 59.5 Å². The van der Waals surface area contributed by atoms with E-state index in [-0.39, 0.29) is 10.6 Å². The average molecular weight is 302 g/mol. The maximum absolute atomic E-state index is 10.9. The lowest BCUT2D eigenvalue weighted by molar-refractivity contribution is -0.385. The summed E-state index contributed by atoms with van der Waals surface area (Å²) in [5.41, 5.74) is 0.990. The van der Waals surface area contributed by atoms with Gasteiger partial charge in [-0.3, -0.25) is 10.1 Å². The molecule has 2 aromatic carbocycles. The Balaban J connectivity index is 1.67. The lowest BCUT2D eigenvalue weighted by atomic mass is 10.1. The molecule has 0 unspecified atom stereocenters. The summed E-state index contributed by atoms with van der Waals surface area (Å²) in [6, 6.07) is 17.2. The number of rotatable bonds is 8. The highest BCUT2D eigenvalue weighted by molar-refractivity contribution is 7.99. The van der Waals surface area contributed by atoms with Crippen LogP contribution in [0.2, 0.25) is 0 Å². The molecule has 0 heterocycles. The topological polar surface area (TPSA) is 55.2 Å². The molecule has 0 fully saturated rings. The van der Waals surface area contributed by atoms with Crippen molar-refractivity contribution in [2.45, 2.75) is 11.3 Å². The minimum atomic E-state index is -0.319. The zero-order chi connectivity index (χ0) is 14.9. The highest BCUT2D eigenvalue weighted by Gasteiger charge is 2.11. The number of nitrogens with zero attached hydrogens (tertiary/aromatic N) is 1. The zero-order valence-corrected chi connectivity index (χ0v) is 12.5. The summed E-state index contributed by atoms with van der Waals surface area (Å²) in [5.74, 6) is 0.987. The summed E-state index contributed by atoms with van der Waals surface area (Å²) in [5, 5.41) is 14.2. The van der Waals surface area contributed by atoms with Crippen LogP contribution in [0.3, 0.4) is 0 Å². The van der Waals surface area contributed by atoms with Gasteiger partial charge in [-0.25, -0.2) is 0 Å². The number of nitro groups is 1. The number of nitro benzene ring substituents is 1.